The molecule has 3 heterocycles. The Bertz CT molecular complexity index is 1100. The van der Waals surface area contributed by atoms with Crippen molar-refractivity contribution in [1.29, 1.82) is 0 Å². The topological polar surface area (TPSA) is 76.3 Å². The first-order chi connectivity index (χ1) is 14.0. The number of nitrogens with zero attached hydrogens (tertiary/aromatic N) is 6. The van der Waals surface area contributed by atoms with Crippen molar-refractivity contribution < 1.29 is 4.79 Å². The van der Waals surface area contributed by atoms with Gasteiger partial charge in [-0.25, -0.2) is 9.67 Å². The van der Waals surface area contributed by atoms with E-state index in [1.807, 2.05) is 0 Å². The van der Waals surface area contributed by atoms with E-state index in [9.17, 15) is 9.59 Å². The Morgan fingerprint density at radius 1 is 1.14 bits per heavy atom. The highest BCUT2D eigenvalue weighted by molar-refractivity contribution is 6.30. The quantitative estimate of drug-likeness (QED) is 0.652. The molecule has 0 bridgehead atoms. The number of aryl methyl sites for hydroxylation is 1. The van der Waals surface area contributed by atoms with Gasteiger partial charge in [0, 0.05) is 38.2 Å². The van der Waals surface area contributed by atoms with Crippen molar-refractivity contribution in [1.82, 2.24) is 29.1 Å². The lowest BCUT2D eigenvalue weighted by Crippen LogP contribution is -2.48. The molecule has 0 spiro atoms. The SMILES string of the molecule is CCCN1CCN(C(=O)c2nn(-c3ccc(Cl)cc3)c3c(=O)n(C)cnc23)CC1. The summed E-state index contributed by atoms with van der Waals surface area (Å²) in [5.41, 5.74) is 1.20. The minimum Gasteiger partial charge on any atom is -0.335 e. The van der Waals surface area contributed by atoms with Crippen LogP contribution in [-0.4, -0.2) is 67.8 Å². The summed E-state index contributed by atoms with van der Waals surface area (Å²) in [5, 5.41) is 5.10. The maximum absolute atomic E-state index is 13.2. The Morgan fingerprint density at radius 2 is 1.83 bits per heavy atom. The number of piperazine rings is 1. The van der Waals surface area contributed by atoms with Crippen molar-refractivity contribution in [2.24, 2.45) is 7.05 Å². The summed E-state index contributed by atoms with van der Waals surface area (Å²) in [6.45, 7) is 6.14. The first-order valence-electron chi connectivity index (χ1n) is 9.71. The van der Waals surface area contributed by atoms with E-state index in [0.29, 0.717) is 29.3 Å². The number of amides is 1. The number of rotatable bonds is 4. The van der Waals surface area contributed by atoms with Gasteiger partial charge in [-0.1, -0.05) is 18.5 Å². The number of aromatic nitrogens is 4. The lowest BCUT2D eigenvalue weighted by molar-refractivity contribution is 0.0633. The molecule has 0 saturated carbocycles. The van der Waals surface area contributed by atoms with Gasteiger partial charge in [-0.05, 0) is 37.2 Å². The number of fused-ring (bicyclic) bond motifs is 1. The highest BCUT2D eigenvalue weighted by Crippen LogP contribution is 2.21. The van der Waals surface area contributed by atoms with E-state index in [4.69, 9.17) is 11.6 Å². The summed E-state index contributed by atoms with van der Waals surface area (Å²) < 4.78 is 2.87. The number of hydrogen-bond acceptors (Lipinski definition) is 5. The van der Waals surface area contributed by atoms with E-state index >= 15 is 0 Å². The third kappa shape index (κ3) is 3.65. The molecule has 0 N–H and O–H groups in total. The van der Waals surface area contributed by atoms with Gasteiger partial charge in [-0.15, -0.1) is 0 Å². The monoisotopic (exact) mass is 414 g/mol. The van der Waals surface area contributed by atoms with Crippen molar-refractivity contribution in [3.8, 4) is 5.69 Å². The van der Waals surface area contributed by atoms with Gasteiger partial charge in [0.15, 0.2) is 11.2 Å². The molecule has 0 unspecified atom stereocenters. The highest BCUT2D eigenvalue weighted by atomic mass is 35.5. The highest BCUT2D eigenvalue weighted by Gasteiger charge is 2.28. The van der Waals surface area contributed by atoms with Gasteiger partial charge in [0.05, 0.1) is 12.0 Å². The van der Waals surface area contributed by atoms with Crippen molar-refractivity contribution in [3.63, 3.8) is 0 Å². The van der Waals surface area contributed by atoms with Crippen LogP contribution in [-0.2, 0) is 7.05 Å². The molecule has 152 valence electrons. The van der Waals surface area contributed by atoms with Crippen molar-refractivity contribution in [2.45, 2.75) is 13.3 Å². The van der Waals surface area contributed by atoms with Crippen LogP contribution in [0.2, 0.25) is 5.02 Å². The maximum atomic E-state index is 13.2. The zero-order chi connectivity index (χ0) is 20.5. The molecule has 0 atom stereocenters. The predicted molar refractivity (Wildman–Crippen MR) is 112 cm³/mol. The smallest absolute Gasteiger partial charge is 0.279 e. The predicted octanol–water partition coefficient (Wildman–Crippen LogP) is 1.94. The molecule has 1 fully saturated rings. The molecule has 1 amide bonds. The molecule has 1 aromatic carbocycles. The molecule has 4 rings (SSSR count). The van der Waals surface area contributed by atoms with Gasteiger partial charge < -0.3 is 9.47 Å². The minimum atomic E-state index is -0.260. The summed E-state index contributed by atoms with van der Waals surface area (Å²) in [4.78, 5) is 34.6. The van der Waals surface area contributed by atoms with E-state index in [-0.39, 0.29) is 22.7 Å². The average Bonchev–Trinajstić information content (AvgIpc) is 3.12. The molecule has 2 aromatic heterocycles. The first-order valence-corrected chi connectivity index (χ1v) is 10.1. The first kappa shape index (κ1) is 19.6. The van der Waals surface area contributed by atoms with Gasteiger partial charge in [-0.3, -0.25) is 14.5 Å². The normalized spacial score (nSPS) is 15.2. The molecule has 9 heteroatoms. The molecule has 1 aliphatic rings. The van der Waals surface area contributed by atoms with E-state index < -0.39 is 0 Å². The Balaban J connectivity index is 1.76. The van der Waals surface area contributed by atoms with Crippen LogP contribution in [0.4, 0.5) is 0 Å². The van der Waals surface area contributed by atoms with E-state index in [2.05, 4.69) is 21.9 Å². The van der Waals surface area contributed by atoms with Crippen molar-refractivity contribution in [2.75, 3.05) is 32.7 Å². The van der Waals surface area contributed by atoms with Crippen LogP contribution in [0.25, 0.3) is 16.7 Å². The summed E-state index contributed by atoms with van der Waals surface area (Å²) in [6, 6.07) is 6.97. The van der Waals surface area contributed by atoms with Crippen molar-refractivity contribution >= 4 is 28.5 Å². The lowest BCUT2D eigenvalue weighted by atomic mass is 10.2. The van der Waals surface area contributed by atoms with Crippen LogP contribution < -0.4 is 5.56 Å². The second kappa shape index (κ2) is 7.96. The molecular weight excluding hydrogens is 392 g/mol. The number of hydrogen-bond donors (Lipinski definition) is 0. The van der Waals surface area contributed by atoms with Gasteiger partial charge in [0.2, 0.25) is 0 Å². The van der Waals surface area contributed by atoms with Gasteiger partial charge >= 0.3 is 0 Å². The Morgan fingerprint density at radius 3 is 2.48 bits per heavy atom. The molecule has 1 saturated heterocycles. The number of carbonyl (C=O) groups is 1. The standard InChI is InChI=1S/C20H23ClN6O2/c1-3-8-25-9-11-26(12-10-25)19(28)17-16-18(20(29)24(2)13-22-16)27(23-17)15-6-4-14(21)5-7-15/h4-7,13H,3,8-12H2,1-2H3. The van der Waals surface area contributed by atoms with E-state index in [1.54, 1.807) is 36.2 Å². The largest absolute Gasteiger partial charge is 0.335 e. The second-order valence-corrected chi connectivity index (χ2v) is 7.66. The Labute approximate surface area is 173 Å². The Kier molecular flexibility index (Phi) is 5.38. The fourth-order valence-electron chi connectivity index (χ4n) is 3.64. The second-order valence-electron chi connectivity index (χ2n) is 7.23. The molecule has 8 nitrogen and oxygen atoms in total. The molecular formula is C20H23ClN6O2. The zero-order valence-corrected chi connectivity index (χ0v) is 17.3. The molecule has 29 heavy (non-hydrogen) atoms. The molecule has 0 radical (unpaired) electrons. The fourth-order valence-corrected chi connectivity index (χ4v) is 3.77. The minimum absolute atomic E-state index is 0.195. The molecule has 1 aliphatic heterocycles. The summed E-state index contributed by atoms with van der Waals surface area (Å²) in [5.74, 6) is -0.195. The summed E-state index contributed by atoms with van der Waals surface area (Å²) in [7, 11) is 1.63. The number of halogens is 1. The van der Waals surface area contributed by atoms with Gasteiger partial charge in [0.1, 0.15) is 5.52 Å². The van der Waals surface area contributed by atoms with Crippen molar-refractivity contribution in [3.05, 3.63) is 51.7 Å². The van der Waals surface area contributed by atoms with Crippen LogP contribution in [0.1, 0.15) is 23.8 Å². The van der Waals surface area contributed by atoms with Crippen LogP contribution >= 0.6 is 11.6 Å². The zero-order valence-electron chi connectivity index (χ0n) is 16.5. The number of carbonyl (C=O) groups excluding carboxylic acids is 1. The van der Waals surface area contributed by atoms with Crippen LogP contribution in [0.15, 0.2) is 35.4 Å². The van der Waals surface area contributed by atoms with Crippen LogP contribution in [0, 0.1) is 0 Å². The maximum Gasteiger partial charge on any atom is 0.279 e. The molecule has 0 aliphatic carbocycles. The fraction of sp³-hybridized carbons (Fsp3) is 0.400. The Hall–Kier alpha value is -2.71. The summed E-state index contributed by atoms with van der Waals surface area (Å²) >= 11 is 5.99. The third-order valence-electron chi connectivity index (χ3n) is 5.22. The number of benzene rings is 1. The summed E-state index contributed by atoms with van der Waals surface area (Å²) in [6.07, 6.45) is 2.52. The van der Waals surface area contributed by atoms with Gasteiger partial charge in [0.25, 0.3) is 11.5 Å². The van der Waals surface area contributed by atoms with Crippen LogP contribution in [0.5, 0.6) is 0 Å². The van der Waals surface area contributed by atoms with E-state index in [1.165, 1.54) is 15.6 Å². The van der Waals surface area contributed by atoms with E-state index in [0.717, 1.165) is 26.1 Å². The van der Waals surface area contributed by atoms with Gasteiger partial charge in [-0.2, -0.15) is 5.10 Å². The lowest BCUT2D eigenvalue weighted by Gasteiger charge is -2.34. The third-order valence-corrected chi connectivity index (χ3v) is 5.47. The average molecular weight is 415 g/mol. The van der Waals surface area contributed by atoms with Crippen LogP contribution in [0.3, 0.4) is 0 Å². The molecule has 3 aromatic rings.